The zero-order valence-electron chi connectivity index (χ0n) is 11.4. The zero-order chi connectivity index (χ0) is 14.4. The Hall–Kier alpha value is -1.94. The van der Waals surface area contributed by atoms with Gasteiger partial charge in [-0.2, -0.15) is 0 Å². The molecule has 2 heterocycles. The average Bonchev–Trinajstić information content (AvgIpc) is 3.03. The van der Waals surface area contributed by atoms with Crippen LogP contribution in [0, 0.1) is 5.82 Å². The van der Waals surface area contributed by atoms with E-state index in [0.29, 0.717) is 5.75 Å². The van der Waals surface area contributed by atoms with Crippen molar-refractivity contribution in [3.05, 3.63) is 70.4 Å². The summed E-state index contributed by atoms with van der Waals surface area (Å²) in [6.07, 6.45) is 1.63. The Morgan fingerprint density at radius 1 is 1.05 bits per heavy atom. The monoisotopic (exact) mass is 300 g/mol. The molecule has 2 aliphatic heterocycles. The Bertz CT molecular complexity index is 727. The number of rotatable bonds is 2. The maximum atomic E-state index is 13.6. The molecule has 4 heteroatoms. The van der Waals surface area contributed by atoms with Gasteiger partial charge in [-0.3, -0.25) is 0 Å². The first kappa shape index (κ1) is 12.8. The standard InChI is InChI=1S/C17H13FO2S/c1-21-16-14-12-9-11(18)7-8-13(12)19-17(14)20-15(16)10-5-3-2-4-6-10/h2-9,14,17H,1H3. The fourth-order valence-corrected chi connectivity index (χ4v) is 3.74. The molecule has 2 atom stereocenters. The van der Waals surface area contributed by atoms with Crippen LogP contribution in [-0.2, 0) is 4.74 Å². The molecule has 0 fully saturated rings. The van der Waals surface area contributed by atoms with Crippen LogP contribution in [0.5, 0.6) is 5.75 Å². The van der Waals surface area contributed by atoms with Crippen LogP contribution >= 0.6 is 11.8 Å². The van der Waals surface area contributed by atoms with E-state index in [2.05, 4.69) is 0 Å². The fraction of sp³-hybridized carbons (Fsp3) is 0.176. The van der Waals surface area contributed by atoms with Crippen LogP contribution in [-0.4, -0.2) is 12.5 Å². The maximum Gasteiger partial charge on any atom is 0.252 e. The van der Waals surface area contributed by atoms with Gasteiger partial charge in [0.15, 0.2) is 0 Å². The van der Waals surface area contributed by atoms with Crippen LogP contribution in [0.1, 0.15) is 17.0 Å². The molecule has 0 aromatic heterocycles. The van der Waals surface area contributed by atoms with Gasteiger partial charge in [0.05, 0.1) is 5.92 Å². The summed E-state index contributed by atoms with van der Waals surface area (Å²) in [7, 11) is 0. The molecular formula is C17H13FO2S. The van der Waals surface area contributed by atoms with Gasteiger partial charge in [0, 0.05) is 16.0 Å². The first-order chi connectivity index (χ1) is 10.3. The normalized spacial score (nSPS) is 22.6. The molecule has 0 spiro atoms. The second kappa shape index (κ2) is 4.81. The molecule has 2 aliphatic rings. The van der Waals surface area contributed by atoms with Crippen molar-refractivity contribution >= 4 is 17.5 Å². The molecule has 0 saturated carbocycles. The van der Waals surface area contributed by atoms with E-state index in [4.69, 9.17) is 9.47 Å². The lowest BCUT2D eigenvalue weighted by Gasteiger charge is -2.11. The highest BCUT2D eigenvalue weighted by Crippen LogP contribution is 2.53. The molecule has 0 bridgehead atoms. The molecule has 2 nitrogen and oxygen atoms in total. The van der Waals surface area contributed by atoms with Crippen molar-refractivity contribution in [2.45, 2.75) is 12.2 Å². The Labute approximate surface area is 126 Å². The molecule has 0 radical (unpaired) electrons. The summed E-state index contributed by atoms with van der Waals surface area (Å²) < 4.78 is 25.4. The van der Waals surface area contributed by atoms with Crippen molar-refractivity contribution in [1.82, 2.24) is 0 Å². The summed E-state index contributed by atoms with van der Waals surface area (Å²) in [4.78, 5) is 1.09. The van der Waals surface area contributed by atoms with E-state index in [1.54, 1.807) is 23.9 Å². The van der Waals surface area contributed by atoms with E-state index in [-0.39, 0.29) is 18.0 Å². The molecule has 21 heavy (non-hydrogen) atoms. The van der Waals surface area contributed by atoms with Crippen molar-refractivity contribution in [3.8, 4) is 5.75 Å². The second-order valence-electron chi connectivity index (χ2n) is 5.03. The minimum Gasteiger partial charge on any atom is -0.454 e. The average molecular weight is 300 g/mol. The van der Waals surface area contributed by atoms with E-state index in [0.717, 1.165) is 21.8 Å². The van der Waals surface area contributed by atoms with Gasteiger partial charge >= 0.3 is 0 Å². The number of benzene rings is 2. The summed E-state index contributed by atoms with van der Waals surface area (Å²) >= 11 is 1.63. The van der Waals surface area contributed by atoms with E-state index < -0.39 is 0 Å². The number of halogens is 1. The third kappa shape index (κ3) is 1.94. The van der Waals surface area contributed by atoms with Crippen LogP contribution in [0.2, 0.25) is 0 Å². The third-order valence-electron chi connectivity index (χ3n) is 3.82. The van der Waals surface area contributed by atoms with Gasteiger partial charge < -0.3 is 9.47 Å². The van der Waals surface area contributed by atoms with Gasteiger partial charge in [-0.05, 0) is 24.5 Å². The highest BCUT2D eigenvalue weighted by Gasteiger charge is 2.45. The van der Waals surface area contributed by atoms with Crippen LogP contribution < -0.4 is 4.74 Å². The number of thioether (sulfide) groups is 1. The van der Waals surface area contributed by atoms with Gasteiger partial charge in [0.1, 0.15) is 17.3 Å². The number of ether oxygens (including phenoxy) is 2. The summed E-state index contributed by atoms with van der Waals surface area (Å²) in [6.45, 7) is 0. The van der Waals surface area contributed by atoms with Crippen molar-refractivity contribution in [2.24, 2.45) is 0 Å². The van der Waals surface area contributed by atoms with Crippen molar-refractivity contribution < 1.29 is 13.9 Å². The van der Waals surface area contributed by atoms with Gasteiger partial charge in [0.25, 0.3) is 6.29 Å². The summed E-state index contributed by atoms with van der Waals surface area (Å²) in [5.74, 6) is 1.27. The second-order valence-corrected chi connectivity index (χ2v) is 5.88. The maximum absolute atomic E-state index is 13.6. The number of hydrogen-bond acceptors (Lipinski definition) is 3. The Morgan fingerprint density at radius 3 is 2.62 bits per heavy atom. The molecule has 2 unspecified atom stereocenters. The van der Waals surface area contributed by atoms with Crippen LogP contribution in [0.15, 0.2) is 53.4 Å². The minimum atomic E-state index is -0.389. The molecule has 4 rings (SSSR count). The Morgan fingerprint density at radius 2 is 1.86 bits per heavy atom. The smallest absolute Gasteiger partial charge is 0.252 e. The molecule has 0 aliphatic carbocycles. The van der Waals surface area contributed by atoms with E-state index in [9.17, 15) is 4.39 Å². The lowest BCUT2D eigenvalue weighted by Crippen LogP contribution is -2.15. The lowest BCUT2D eigenvalue weighted by molar-refractivity contribution is 0.00640. The molecule has 2 aromatic rings. The van der Waals surface area contributed by atoms with Crippen LogP contribution in [0.25, 0.3) is 5.76 Å². The minimum absolute atomic E-state index is 0.0408. The fourth-order valence-electron chi connectivity index (χ4n) is 2.90. The summed E-state index contributed by atoms with van der Waals surface area (Å²) in [5.41, 5.74) is 1.90. The molecule has 2 aromatic carbocycles. The predicted octanol–water partition coefficient (Wildman–Crippen LogP) is 4.39. The number of hydrogen-bond donors (Lipinski definition) is 0. The van der Waals surface area contributed by atoms with E-state index >= 15 is 0 Å². The van der Waals surface area contributed by atoms with Crippen molar-refractivity contribution in [2.75, 3.05) is 6.26 Å². The summed E-state index contributed by atoms with van der Waals surface area (Å²) in [5, 5.41) is 0. The molecular weight excluding hydrogens is 287 g/mol. The van der Waals surface area contributed by atoms with Gasteiger partial charge in [0.2, 0.25) is 0 Å². The molecule has 106 valence electrons. The first-order valence-corrected chi connectivity index (χ1v) is 7.97. The van der Waals surface area contributed by atoms with Gasteiger partial charge in [-0.1, -0.05) is 30.3 Å². The summed E-state index contributed by atoms with van der Waals surface area (Å²) in [6, 6.07) is 14.6. The highest BCUT2D eigenvalue weighted by atomic mass is 32.2. The Balaban J connectivity index is 1.83. The SMILES string of the molecule is CSC1=C(c2ccccc2)OC2Oc3ccc(F)cc3C12. The zero-order valence-corrected chi connectivity index (χ0v) is 12.2. The van der Waals surface area contributed by atoms with Gasteiger partial charge in [-0.25, -0.2) is 4.39 Å². The highest BCUT2D eigenvalue weighted by molar-refractivity contribution is 8.02. The first-order valence-electron chi connectivity index (χ1n) is 6.74. The molecule has 0 saturated heterocycles. The van der Waals surface area contributed by atoms with Crippen LogP contribution in [0.3, 0.4) is 0 Å². The van der Waals surface area contributed by atoms with E-state index in [1.165, 1.54) is 6.07 Å². The largest absolute Gasteiger partial charge is 0.454 e. The number of fused-ring (bicyclic) bond motifs is 3. The molecule has 0 amide bonds. The quantitative estimate of drug-likeness (QED) is 0.819. The topological polar surface area (TPSA) is 18.5 Å². The Kier molecular flexibility index (Phi) is 2.93. The van der Waals surface area contributed by atoms with Crippen molar-refractivity contribution in [1.29, 1.82) is 0 Å². The lowest BCUT2D eigenvalue weighted by atomic mass is 9.99. The third-order valence-corrected chi connectivity index (χ3v) is 4.70. The predicted molar refractivity (Wildman–Crippen MR) is 81.5 cm³/mol. The van der Waals surface area contributed by atoms with Gasteiger partial charge in [-0.15, -0.1) is 11.8 Å². The van der Waals surface area contributed by atoms with E-state index in [1.807, 2.05) is 36.6 Å². The molecule has 0 N–H and O–H groups in total. The van der Waals surface area contributed by atoms with Crippen LogP contribution in [0.4, 0.5) is 4.39 Å². The van der Waals surface area contributed by atoms with Crippen molar-refractivity contribution in [3.63, 3.8) is 0 Å².